The van der Waals surface area contributed by atoms with Crippen LogP contribution in [0.5, 0.6) is 0 Å². The summed E-state index contributed by atoms with van der Waals surface area (Å²) >= 11 is 0. The van der Waals surface area contributed by atoms with E-state index in [1.165, 1.54) is 77.1 Å². The van der Waals surface area contributed by atoms with Gasteiger partial charge in [-0.2, -0.15) is 0 Å². The summed E-state index contributed by atoms with van der Waals surface area (Å²) in [5, 5.41) is 4.93. The van der Waals surface area contributed by atoms with Crippen LogP contribution in [0.4, 0.5) is 17.1 Å². The quantitative estimate of drug-likeness (QED) is 0.171. The van der Waals surface area contributed by atoms with Crippen molar-refractivity contribution in [3.63, 3.8) is 0 Å². The molecule has 12 rings (SSSR count). The molecule has 0 aliphatic heterocycles. The summed E-state index contributed by atoms with van der Waals surface area (Å²) in [6.45, 7) is 0. The second-order valence-corrected chi connectivity index (χ2v) is 15.8. The number of para-hydroxylation sites is 2. The molecule has 0 radical (unpaired) electrons. The number of anilines is 3. The van der Waals surface area contributed by atoms with Crippen LogP contribution in [0.25, 0.3) is 60.5 Å². The zero-order valence-electron chi connectivity index (χ0n) is 31.4. The lowest BCUT2D eigenvalue weighted by atomic mass is 9.75. The van der Waals surface area contributed by atoms with Crippen molar-refractivity contribution in [3.8, 4) is 27.9 Å². The molecule has 2 heteroatoms. The fourth-order valence-corrected chi connectivity index (χ4v) is 10.2. The van der Waals surface area contributed by atoms with Gasteiger partial charge in [0.05, 0.1) is 16.7 Å². The molecule has 0 bridgehead atoms. The summed E-state index contributed by atoms with van der Waals surface area (Å²) in [6, 6.07) is 76.4. The van der Waals surface area contributed by atoms with E-state index in [-0.39, 0.29) is 5.41 Å². The first-order valence-corrected chi connectivity index (χ1v) is 20.0. The normalized spacial score (nSPS) is 13.6. The zero-order valence-corrected chi connectivity index (χ0v) is 31.4. The van der Waals surface area contributed by atoms with Gasteiger partial charge in [0.25, 0.3) is 0 Å². The van der Waals surface area contributed by atoms with Crippen molar-refractivity contribution in [2.45, 2.75) is 18.3 Å². The van der Waals surface area contributed by atoms with Crippen LogP contribution in [0.15, 0.2) is 206 Å². The number of aromatic nitrogens is 1. The minimum atomic E-state index is -0.0507. The fourth-order valence-electron chi connectivity index (χ4n) is 10.2. The maximum atomic E-state index is 2.51. The Morgan fingerprint density at radius 2 is 1.05 bits per heavy atom. The number of fused-ring (bicyclic) bond motifs is 10. The molecular formula is C55H38N2. The highest BCUT2D eigenvalue weighted by Gasteiger charge is 2.47. The molecule has 1 heterocycles. The second-order valence-electron chi connectivity index (χ2n) is 15.8. The Hall–Kier alpha value is -7.16. The Bertz CT molecular complexity index is 3170. The van der Waals surface area contributed by atoms with E-state index in [9.17, 15) is 0 Å². The van der Waals surface area contributed by atoms with E-state index in [1.807, 2.05) is 0 Å². The smallest absolute Gasteiger partial charge is 0.0561 e. The number of nitrogens with zero attached hydrogens (tertiary/aromatic N) is 2. The standard InChI is InChI=1S/C55H38N2/c1-2-19-42(20-3-1)57-53-26-11-9-24-48(53)49-31-29-44(34-54(49)57)56(52-27-13-17-37-14-6-7-22-45(37)52)43-21-12-18-38(32-43)39-28-30-47-46-23-8-10-25-50(46)55(51(47)33-39)35-40-15-4-5-16-41(40)36-55/h1-34H,35-36H2. The Morgan fingerprint density at radius 1 is 0.404 bits per heavy atom. The Labute approximate surface area is 332 Å². The van der Waals surface area contributed by atoms with Gasteiger partial charge in [0.15, 0.2) is 0 Å². The molecular weight excluding hydrogens is 689 g/mol. The SMILES string of the molecule is c1ccc(-n2c3ccccc3c3ccc(N(c4cccc(-c5ccc6c(c5)C5(Cc7ccccc7C5)c5ccccc5-6)c4)c4cccc5ccccc45)cc32)cc1. The van der Waals surface area contributed by atoms with Crippen LogP contribution >= 0.6 is 0 Å². The van der Waals surface area contributed by atoms with Crippen molar-refractivity contribution in [2.75, 3.05) is 4.90 Å². The molecule has 2 nitrogen and oxygen atoms in total. The average molecular weight is 727 g/mol. The van der Waals surface area contributed by atoms with Gasteiger partial charge in [-0.25, -0.2) is 0 Å². The summed E-state index contributed by atoms with van der Waals surface area (Å²) in [7, 11) is 0. The third-order valence-corrected chi connectivity index (χ3v) is 12.7. The van der Waals surface area contributed by atoms with E-state index in [0.29, 0.717) is 0 Å². The van der Waals surface area contributed by atoms with Crippen LogP contribution in [-0.4, -0.2) is 4.57 Å². The van der Waals surface area contributed by atoms with Crippen LogP contribution < -0.4 is 4.90 Å². The highest BCUT2D eigenvalue weighted by Crippen LogP contribution is 2.56. The molecule has 2 aliphatic carbocycles. The second kappa shape index (κ2) is 12.4. The largest absolute Gasteiger partial charge is 0.310 e. The summed E-state index contributed by atoms with van der Waals surface area (Å²) in [6.07, 6.45) is 2.07. The molecule has 0 amide bonds. The van der Waals surface area contributed by atoms with Crippen LogP contribution in [0.2, 0.25) is 0 Å². The average Bonchev–Trinajstić information content (AvgIpc) is 3.92. The summed E-state index contributed by atoms with van der Waals surface area (Å²) in [5.41, 5.74) is 18.0. The highest BCUT2D eigenvalue weighted by molar-refractivity contribution is 6.11. The van der Waals surface area contributed by atoms with Crippen molar-refractivity contribution in [2.24, 2.45) is 0 Å². The number of rotatable bonds is 5. The van der Waals surface area contributed by atoms with Crippen LogP contribution in [0.1, 0.15) is 22.3 Å². The lowest BCUT2D eigenvalue weighted by Crippen LogP contribution is -2.25. The third-order valence-electron chi connectivity index (χ3n) is 12.7. The first kappa shape index (κ1) is 32.1. The molecule has 0 N–H and O–H groups in total. The predicted molar refractivity (Wildman–Crippen MR) is 238 cm³/mol. The Morgan fingerprint density at radius 3 is 1.93 bits per heavy atom. The molecule has 9 aromatic carbocycles. The molecule has 10 aromatic rings. The van der Waals surface area contributed by atoms with Gasteiger partial charge in [-0.15, -0.1) is 0 Å². The topological polar surface area (TPSA) is 8.17 Å². The van der Waals surface area contributed by atoms with Gasteiger partial charge in [-0.1, -0.05) is 152 Å². The van der Waals surface area contributed by atoms with Crippen molar-refractivity contribution >= 4 is 49.6 Å². The third kappa shape index (κ3) is 4.84. The number of hydrogen-bond acceptors (Lipinski definition) is 1. The van der Waals surface area contributed by atoms with Gasteiger partial charge >= 0.3 is 0 Å². The van der Waals surface area contributed by atoms with Gasteiger partial charge in [0.2, 0.25) is 0 Å². The van der Waals surface area contributed by atoms with E-state index >= 15 is 0 Å². The minimum Gasteiger partial charge on any atom is -0.310 e. The molecule has 0 saturated heterocycles. The van der Waals surface area contributed by atoms with Crippen LogP contribution in [0.3, 0.4) is 0 Å². The van der Waals surface area contributed by atoms with Crippen molar-refractivity contribution in [3.05, 3.63) is 229 Å². The minimum absolute atomic E-state index is 0.0507. The van der Waals surface area contributed by atoms with Gasteiger partial charge in [0.1, 0.15) is 0 Å². The Kier molecular flexibility index (Phi) is 7.00. The summed E-state index contributed by atoms with van der Waals surface area (Å²) in [5.74, 6) is 0. The van der Waals surface area contributed by atoms with E-state index in [2.05, 4.69) is 216 Å². The first-order chi connectivity index (χ1) is 28.2. The van der Waals surface area contributed by atoms with E-state index in [1.54, 1.807) is 0 Å². The Balaban J connectivity index is 1.05. The zero-order chi connectivity index (χ0) is 37.5. The van der Waals surface area contributed by atoms with E-state index in [4.69, 9.17) is 0 Å². The molecule has 0 atom stereocenters. The van der Waals surface area contributed by atoms with Crippen molar-refractivity contribution in [1.29, 1.82) is 0 Å². The molecule has 57 heavy (non-hydrogen) atoms. The molecule has 0 unspecified atom stereocenters. The highest BCUT2D eigenvalue weighted by atomic mass is 15.1. The van der Waals surface area contributed by atoms with Crippen molar-refractivity contribution < 1.29 is 0 Å². The summed E-state index contributed by atoms with van der Waals surface area (Å²) in [4.78, 5) is 2.45. The van der Waals surface area contributed by atoms with E-state index < -0.39 is 0 Å². The number of benzene rings is 9. The van der Waals surface area contributed by atoms with Gasteiger partial charge in [0, 0.05) is 38.6 Å². The lowest BCUT2D eigenvalue weighted by molar-refractivity contribution is 0.564. The van der Waals surface area contributed by atoms with E-state index in [0.717, 1.165) is 35.6 Å². The van der Waals surface area contributed by atoms with Crippen LogP contribution in [0, 0.1) is 0 Å². The maximum Gasteiger partial charge on any atom is 0.0561 e. The fraction of sp³-hybridized carbons (Fsp3) is 0.0545. The molecule has 268 valence electrons. The molecule has 1 aromatic heterocycles. The van der Waals surface area contributed by atoms with Gasteiger partial charge < -0.3 is 9.47 Å². The first-order valence-electron chi connectivity index (χ1n) is 20.0. The number of hydrogen-bond donors (Lipinski definition) is 0. The van der Waals surface area contributed by atoms with Crippen LogP contribution in [-0.2, 0) is 18.3 Å². The van der Waals surface area contributed by atoms with Gasteiger partial charge in [-0.05, 0) is 117 Å². The monoisotopic (exact) mass is 726 g/mol. The molecule has 0 saturated carbocycles. The lowest BCUT2D eigenvalue weighted by Gasteiger charge is -2.28. The maximum absolute atomic E-state index is 2.51. The summed E-state index contributed by atoms with van der Waals surface area (Å²) < 4.78 is 2.41. The predicted octanol–water partition coefficient (Wildman–Crippen LogP) is 14.1. The van der Waals surface area contributed by atoms with Crippen molar-refractivity contribution in [1.82, 2.24) is 4.57 Å². The van der Waals surface area contributed by atoms with Gasteiger partial charge in [-0.3, -0.25) is 0 Å². The molecule has 0 fully saturated rings. The molecule has 1 spiro atoms. The molecule has 2 aliphatic rings.